The van der Waals surface area contributed by atoms with Gasteiger partial charge in [-0.25, -0.2) is 0 Å². The molecule has 2 aliphatic rings. The Kier molecular flexibility index (Phi) is 5.31. The summed E-state index contributed by atoms with van der Waals surface area (Å²) >= 11 is 5.74. The first-order valence-corrected chi connectivity index (χ1v) is 8.63. The van der Waals surface area contributed by atoms with Crippen LogP contribution in [0.4, 0.5) is 5.82 Å². The standard InChI is InChI=1S/C16H25ClN4/c17-15-5-6-16(20-19-15)18-11-13-7-9-21(10-8-13)12-14-3-1-2-4-14/h5-6,13-14H,1-4,7-12H2,(H,18,20). The second kappa shape index (κ2) is 7.41. The molecular weight excluding hydrogens is 284 g/mol. The van der Waals surface area contributed by atoms with Gasteiger partial charge in [0.2, 0.25) is 0 Å². The molecule has 2 heterocycles. The Balaban J connectivity index is 1.36. The predicted octanol–water partition coefficient (Wildman–Crippen LogP) is 3.44. The highest BCUT2D eigenvalue weighted by atomic mass is 35.5. The van der Waals surface area contributed by atoms with Crippen molar-refractivity contribution in [1.82, 2.24) is 15.1 Å². The van der Waals surface area contributed by atoms with Crippen LogP contribution in [0.3, 0.4) is 0 Å². The first-order valence-electron chi connectivity index (χ1n) is 8.25. The van der Waals surface area contributed by atoms with Crippen LogP contribution in [-0.2, 0) is 0 Å². The van der Waals surface area contributed by atoms with E-state index < -0.39 is 0 Å². The second-order valence-electron chi connectivity index (χ2n) is 6.52. The molecule has 0 aromatic carbocycles. The third kappa shape index (κ3) is 4.55. The van der Waals surface area contributed by atoms with Gasteiger partial charge >= 0.3 is 0 Å². The zero-order valence-corrected chi connectivity index (χ0v) is 13.4. The van der Waals surface area contributed by atoms with Gasteiger partial charge in [-0.2, -0.15) is 0 Å². The monoisotopic (exact) mass is 308 g/mol. The molecule has 1 aliphatic heterocycles. The van der Waals surface area contributed by atoms with Gasteiger partial charge in [-0.3, -0.25) is 0 Å². The minimum atomic E-state index is 0.445. The van der Waals surface area contributed by atoms with Gasteiger partial charge in [0.05, 0.1) is 0 Å². The molecule has 0 bridgehead atoms. The number of nitrogens with zero attached hydrogens (tertiary/aromatic N) is 3. The molecule has 1 aromatic heterocycles. The summed E-state index contributed by atoms with van der Waals surface area (Å²) in [6, 6.07) is 3.67. The van der Waals surface area contributed by atoms with Crippen molar-refractivity contribution in [2.75, 3.05) is 31.5 Å². The van der Waals surface area contributed by atoms with Crippen molar-refractivity contribution >= 4 is 17.4 Å². The molecule has 1 saturated carbocycles. The molecule has 1 aliphatic carbocycles. The zero-order valence-electron chi connectivity index (χ0n) is 12.6. The summed E-state index contributed by atoms with van der Waals surface area (Å²) < 4.78 is 0. The molecule has 5 heteroatoms. The molecule has 116 valence electrons. The van der Waals surface area contributed by atoms with E-state index in [1.54, 1.807) is 6.07 Å². The van der Waals surface area contributed by atoms with Gasteiger partial charge in [0.25, 0.3) is 0 Å². The topological polar surface area (TPSA) is 41.0 Å². The quantitative estimate of drug-likeness (QED) is 0.904. The lowest BCUT2D eigenvalue weighted by atomic mass is 9.95. The van der Waals surface area contributed by atoms with Crippen molar-refractivity contribution in [3.8, 4) is 0 Å². The maximum Gasteiger partial charge on any atom is 0.151 e. The molecule has 1 saturated heterocycles. The number of aromatic nitrogens is 2. The summed E-state index contributed by atoms with van der Waals surface area (Å²) in [5.41, 5.74) is 0. The van der Waals surface area contributed by atoms with Crippen LogP contribution in [0.1, 0.15) is 38.5 Å². The van der Waals surface area contributed by atoms with Crippen molar-refractivity contribution in [1.29, 1.82) is 0 Å². The van der Waals surface area contributed by atoms with Crippen LogP contribution >= 0.6 is 11.6 Å². The van der Waals surface area contributed by atoms with Crippen LogP contribution in [0, 0.1) is 11.8 Å². The highest BCUT2D eigenvalue weighted by Crippen LogP contribution is 2.27. The second-order valence-corrected chi connectivity index (χ2v) is 6.90. The minimum Gasteiger partial charge on any atom is -0.368 e. The summed E-state index contributed by atoms with van der Waals surface area (Å²) in [6.07, 6.45) is 8.40. The van der Waals surface area contributed by atoms with Crippen molar-refractivity contribution in [2.24, 2.45) is 11.8 Å². The number of rotatable bonds is 5. The van der Waals surface area contributed by atoms with Crippen LogP contribution < -0.4 is 5.32 Å². The fraction of sp³-hybridized carbons (Fsp3) is 0.750. The molecule has 1 N–H and O–H groups in total. The summed E-state index contributed by atoms with van der Waals surface area (Å²) in [7, 11) is 0. The fourth-order valence-electron chi connectivity index (χ4n) is 3.59. The normalized spacial score (nSPS) is 21.8. The molecule has 1 aromatic rings. The first-order chi connectivity index (χ1) is 10.3. The average molecular weight is 309 g/mol. The van der Waals surface area contributed by atoms with Crippen LogP contribution in [0.15, 0.2) is 12.1 Å². The molecule has 0 unspecified atom stereocenters. The third-order valence-corrected chi connectivity index (χ3v) is 5.10. The van der Waals surface area contributed by atoms with E-state index in [-0.39, 0.29) is 0 Å². The summed E-state index contributed by atoms with van der Waals surface area (Å²) in [5.74, 6) is 2.55. The molecule has 0 spiro atoms. The Bertz CT molecular complexity index is 422. The van der Waals surface area contributed by atoms with Gasteiger partial charge < -0.3 is 10.2 Å². The van der Waals surface area contributed by atoms with E-state index in [1.807, 2.05) is 6.07 Å². The van der Waals surface area contributed by atoms with E-state index >= 15 is 0 Å². The molecule has 21 heavy (non-hydrogen) atoms. The summed E-state index contributed by atoms with van der Waals surface area (Å²) in [6.45, 7) is 4.85. The number of anilines is 1. The molecule has 0 radical (unpaired) electrons. The predicted molar refractivity (Wildman–Crippen MR) is 86.7 cm³/mol. The Labute approximate surface area is 132 Å². The van der Waals surface area contributed by atoms with Crippen molar-refractivity contribution in [3.05, 3.63) is 17.3 Å². The van der Waals surface area contributed by atoms with Crippen molar-refractivity contribution < 1.29 is 0 Å². The summed E-state index contributed by atoms with van der Waals surface area (Å²) in [4.78, 5) is 2.68. The van der Waals surface area contributed by atoms with E-state index in [0.717, 1.165) is 24.2 Å². The van der Waals surface area contributed by atoms with Crippen LogP contribution in [0.2, 0.25) is 5.15 Å². The molecule has 4 nitrogen and oxygen atoms in total. The zero-order chi connectivity index (χ0) is 14.5. The number of piperidine rings is 1. The van der Waals surface area contributed by atoms with Crippen LogP contribution in [0.5, 0.6) is 0 Å². The SMILES string of the molecule is Clc1ccc(NCC2CCN(CC3CCCC3)CC2)nn1. The van der Waals surface area contributed by atoms with Crippen molar-refractivity contribution in [2.45, 2.75) is 38.5 Å². The van der Waals surface area contributed by atoms with E-state index in [1.165, 1.54) is 58.2 Å². The largest absolute Gasteiger partial charge is 0.368 e. The average Bonchev–Trinajstić information content (AvgIpc) is 3.01. The maximum absolute atomic E-state index is 5.74. The van der Waals surface area contributed by atoms with E-state index in [9.17, 15) is 0 Å². The minimum absolute atomic E-state index is 0.445. The molecule has 3 rings (SSSR count). The van der Waals surface area contributed by atoms with Crippen molar-refractivity contribution in [3.63, 3.8) is 0 Å². The number of hydrogen-bond acceptors (Lipinski definition) is 4. The highest BCUT2D eigenvalue weighted by Gasteiger charge is 2.23. The smallest absolute Gasteiger partial charge is 0.151 e. The molecule has 2 fully saturated rings. The van der Waals surface area contributed by atoms with E-state index in [4.69, 9.17) is 11.6 Å². The van der Waals surface area contributed by atoms with Gasteiger partial charge in [0, 0.05) is 13.1 Å². The van der Waals surface area contributed by atoms with Gasteiger partial charge in [-0.15, -0.1) is 10.2 Å². The lowest BCUT2D eigenvalue weighted by molar-refractivity contribution is 0.165. The highest BCUT2D eigenvalue weighted by molar-refractivity contribution is 6.29. The molecular formula is C16H25ClN4. The Hall–Kier alpha value is -0.870. The summed E-state index contributed by atoms with van der Waals surface area (Å²) in [5, 5.41) is 11.7. The number of nitrogens with one attached hydrogen (secondary N) is 1. The van der Waals surface area contributed by atoms with Gasteiger partial charge in [-0.05, 0) is 62.7 Å². The first kappa shape index (κ1) is 15.0. The number of halogens is 1. The Morgan fingerprint density at radius 2 is 1.81 bits per heavy atom. The maximum atomic E-state index is 5.74. The molecule has 0 atom stereocenters. The Morgan fingerprint density at radius 3 is 2.48 bits per heavy atom. The number of likely N-dealkylation sites (tertiary alicyclic amines) is 1. The Morgan fingerprint density at radius 1 is 1.05 bits per heavy atom. The van der Waals surface area contributed by atoms with Gasteiger partial charge in [0.15, 0.2) is 5.15 Å². The fourth-order valence-corrected chi connectivity index (χ4v) is 3.69. The third-order valence-electron chi connectivity index (χ3n) is 4.90. The van der Waals surface area contributed by atoms with Gasteiger partial charge in [-0.1, -0.05) is 24.4 Å². The van der Waals surface area contributed by atoms with E-state index in [0.29, 0.717) is 5.15 Å². The van der Waals surface area contributed by atoms with Gasteiger partial charge in [0.1, 0.15) is 5.82 Å². The van der Waals surface area contributed by atoms with Crippen LogP contribution in [0.25, 0.3) is 0 Å². The van der Waals surface area contributed by atoms with E-state index in [2.05, 4.69) is 20.4 Å². The number of hydrogen-bond donors (Lipinski definition) is 1. The lowest BCUT2D eigenvalue weighted by Gasteiger charge is -2.33. The van der Waals surface area contributed by atoms with Crippen LogP contribution in [-0.4, -0.2) is 41.3 Å². The lowest BCUT2D eigenvalue weighted by Crippen LogP contribution is -2.38. The molecule has 0 amide bonds.